The lowest BCUT2D eigenvalue weighted by Gasteiger charge is -2.30. The Labute approximate surface area is 224 Å². The molecule has 2 fully saturated rings. The highest BCUT2D eigenvalue weighted by Crippen LogP contribution is 2.30. The Morgan fingerprint density at radius 3 is 2.36 bits per heavy atom. The number of hydrogen-bond donors (Lipinski definition) is 5. The quantitative estimate of drug-likeness (QED) is 0.231. The molecule has 2 aliphatic rings. The molecule has 2 saturated carbocycles. The molecule has 5 N–H and O–H groups in total. The highest BCUT2D eigenvalue weighted by atomic mass is 16.2. The first-order valence-corrected chi connectivity index (χ1v) is 13.1. The first kappa shape index (κ1) is 24.5. The van der Waals surface area contributed by atoms with Gasteiger partial charge in [0.25, 0.3) is 5.91 Å². The number of carbonyl (C=O) groups excluding carboxylic acids is 2. The third kappa shape index (κ3) is 6.03. The van der Waals surface area contributed by atoms with Crippen LogP contribution in [0.3, 0.4) is 0 Å². The molecule has 0 spiro atoms. The second-order valence-corrected chi connectivity index (χ2v) is 9.82. The standard InChI is InChI=1S/C26H29N11O2/c38-25(35-22-9-11-28-15-30-22)21-14-29-24-20(31-16-3-4-16)12-23(36-37(21)24)32-17-5-7-18(8-6-17)33-26(39)34-19-2-1-10-27-13-19/h1-2,9-18,31H,3-8H2,(H,32,36)(H2,33,34,39)(H,28,30,35,38)/t17-,18-. The summed E-state index contributed by atoms with van der Waals surface area (Å²) >= 11 is 0. The summed E-state index contributed by atoms with van der Waals surface area (Å²) in [6.45, 7) is 0. The molecule has 6 rings (SSSR count). The first-order valence-electron chi connectivity index (χ1n) is 13.1. The van der Waals surface area contributed by atoms with E-state index in [1.165, 1.54) is 12.5 Å². The van der Waals surface area contributed by atoms with Gasteiger partial charge in [-0.15, -0.1) is 5.10 Å². The van der Waals surface area contributed by atoms with Crippen molar-refractivity contribution in [2.75, 3.05) is 21.3 Å². The molecule has 13 heteroatoms. The maximum Gasteiger partial charge on any atom is 0.319 e. The second kappa shape index (κ2) is 10.9. The number of imidazole rings is 1. The molecular weight excluding hydrogens is 498 g/mol. The predicted molar refractivity (Wildman–Crippen MR) is 146 cm³/mol. The van der Waals surface area contributed by atoms with E-state index in [1.807, 2.05) is 6.07 Å². The summed E-state index contributed by atoms with van der Waals surface area (Å²) in [7, 11) is 0. The molecule has 0 aliphatic heterocycles. The zero-order valence-corrected chi connectivity index (χ0v) is 21.2. The number of carbonyl (C=O) groups is 2. The summed E-state index contributed by atoms with van der Waals surface area (Å²) < 4.78 is 1.57. The molecule has 200 valence electrons. The summed E-state index contributed by atoms with van der Waals surface area (Å²) in [5.74, 6) is 0.694. The topological polar surface area (TPSA) is 163 Å². The van der Waals surface area contributed by atoms with E-state index in [1.54, 1.807) is 41.3 Å². The molecule has 0 bridgehead atoms. The number of fused-ring (bicyclic) bond motifs is 1. The van der Waals surface area contributed by atoms with Gasteiger partial charge in [-0.1, -0.05) is 0 Å². The number of urea groups is 1. The summed E-state index contributed by atoms with van der Waals surface area (Å²) in [5.41, 5.74) is 2.39. The molecule has 39 heavy (non-hydrogen) atoms. The lowest BCUT2D eigenvalue weighted by molar-refractivity contribution is 0.102. The van der Waals surface area contributed by atoms with Gasteiger partial charge in [0, 0.05) is 36.6 Å². The van der Waals surface area contributed by atoms with Crippen molar-refractivity contribution in [3.05, 3.63) is 61.1 Å². The first-order chi connectivity index (χ1) is 19.1. The molecular formula is C26H29N11O2. The van der Waals surface area contributed by atoms with Gasteiger partial charge in [-0.2, -0.15) is 0 Å². The van der Waals surface area contributed by atoms with Crippen LogP contribution in [0.2, 0.25) is 0 Å². The predicted octanol–water partition coefficient (Wildman–Crippen LogP) is 3.29. The van der Waals surface area contributed by atoms with Crippen LogP contribution in [-0.2, 0) is 0 Å². The zero-order chi connectivity index (χ0) is 26.6. The van der Waals surface area contributed by atoms with Crippen LogP contribution in [0.25, 0.3) is 5.65 Å². The largest absolute Gasteiger partial charge is 0.379 e. The number of pyridine rings is 1. The van der Waals surface area contributed by atoms with Crippen LogP contribution in [0.15, 0.2) is 55.4 Å². The van der Waals surface area contributed by atoms with Gasteiger partial charge < -0.3 is 26.6 Å². The molecule has 3 amide bonds. The van der Waals surface area contributed by atoms with Crippen LogP contribution in [-0.4, -0.2) is 59.6 Å². The van der Waals surface area contributed by atoms with Crippen molar-refractivity contribution >= 4 is 40.6 Å². The van der Waals surface area contributed by atoms with Crippen molar-refractivity contribution in [3.8, 4) is 0 Å². The van der Waals surface area contributed by atoms with Gasteiger partial charge in [-0.05, 0) is 56.7 Å². The molecule has 0 aromatic carbocycles. The number of anilines is 4. The number of rotatable bonds is 8. The third-order valence-corrected chi connectivity index (χ3v) is 6.79. The fraction of sp³-hybridized carbons (Fsp3) is 0.346. The van der Waals surface area contributed by atoms with Gasteiger partial charge in [-0.25, -0.2) is 24.3 Å². The summed E-state index contributed by atoms with van der Waals surface area (Å²) in [6.07, 6.45) is 13.4. The zero-order valence-electron chi connectivity index (χ0n) is 21.2. The lowest BCUT2D eigenvalue weighted by Crippen LogP contribution is -2.42. The summed E-state index contributed by atoms with van der Waals surface area (Å²) in [6, 6.07) is 7.61. The average Bonchev–Trinajstić information content (AvgIpc) is 3.66. The van der Waals surface area contributed by atoms with Crippen LogP contribution in [0.1, 0.15) is 49.0 Å². The van der Waals surface area contributed by atoms with E-state index in [9.17, 15) is 9.59 Å². The Morgan fingerprint density at radius 2 is 1.62 bits per heavy atom. The summed E-state index contributed by atoms with van der Waals surface area (Å²) in [5, 5.41) is 20.4. The van der Waals surface area contributed by atoms with Crippen LogP contribution in [0, 0.1) is 0 Å². The third-order valence-electron chi connectivity index (χ3n) is 6.79. The van der Waals surface area contributed by atoms with Crippen molar-refractivity contribution < 1.29 is 9.59 Å². The fourth-order valence-corrected chi connectivity index (χ4v) is 4.67. The molecule has 4 aromatic rings. The molecule has 0 unspecified atom stereocenters. The Balaban J connectivity index is 1.12. The van der Waals surface area contributed by atoms with Gasteiger partial charge in [-0.3, -0.25) is 9.78 Å². The average molecular weight is 528 g/mol. The van der Waals surface area contributed by atoms with E-state index in [-0.39, 0.29) is 24.0 Å². The number of amides is 3. The van der Waals surface area contributed by atoms with E-state index in [0.717, 1.165) is 44.2 Å². The number of nitrogens with one attached hydrogen (secondary N) is 5. The Bertz CT molecular complexity index is 1450. The van der Waals surface area contributed by atoms with Gasteiger partial charge in [0.15, 0.2) is 11.3 Å². The van der Waals surface area contributed by atoms with E-state index >= 15 is 0 Å². The van der Waals surface area contributed by atoms with Crippen LogP contribution >= 0.6 is 0 Å². The van der Waals surface area contributed by atoms with Crippen molar-refractivity contribution in [1.82, 2.24) is 34.9 Å². The number of nitrogens with zero attached hydrogens (tertiary/aromatic N) is 6. The van der Waals surface area contributed by atoms with E-state index in [0.29, 0.717) is 34.7 Å². The molecule has 0 radical (unpaired) electrons. The van der Waals surface area contributed by atoms with Crippen LogP contribution < -0.4 is 26.6 Å². The van der Waals surface area contributed by atoms with Gasteiger partial charge in [0.2, 0.25) is 0 Å². The Kier molecular flexibility index (Phi) is 6.85. The molecule has 0 saturated heterocycles. The van der Waals surface area contributed by atoms with Crippen LogP contribution in [0.5, 0.6) is 0 Å². The number of aromatic nitrogens is 6. The van der Waals surface area contributed by atoms with E-state index in [4.69, 9.17) is 5.10 Å². The second-order valence-electron chi connectivity index (χ2n) is 9.82. The van der Waals surface area contributed by atoms with Gasteiger partial charge in [0.05, 0.1) is 23.8 Å². The van der Waals surface area contributed by atoms with Crippen LogP contribution in [0.4, 0.5) is 27.8 Å². The maximum absolute atomic E-state index is 13.0. The van der Waals surface area contributed by atoms with E-state index < -0.39 is 0 Å². The Morgan fingerprint density at radius 1 is 0.821 bits per heavy atom. The Hall–Kier alpha value is -4.81. The SMILES string of the molecule is O=C(Nc1cccnc1)N[C@H]1CC[C@H](Nc2cc(NC3CC3)c3ncc(C(=O)Nc4ccncn4)n3n2)CC1. The molecule has 4 heterocycles. The van der Waals surface area contributed by atoms with Crippen molar-refractivity contribution in [2.45, 2.75) is 56.7 Å². The minimum Gasteiger partial charge on any atom is -0.379 e. The monoisotopic (exact) mass is 527 g/mol. The maximum atomic E-state index is 13.0. The van der Waals surface area contributed by atoms with E-state index in [2.05, 4.69) is 46.5 Å². The summed E-state index contributed by atoms with van der Waals surface area (Å²) in [4.78, 5) is 41.8. The molecule has 4 aromatic heterocycles. The fourth-order valence-electron chi connectivity index (χ4n) is 4.67. The minimum absolute atomic E-state index is 0.0907. The molecule has 0 atom stereocenters. The normalized spacial score (nSPS) is 18.8. The molecule has 13 nitrogen and oxygen atoms in total. The van der Waals surface area contributed by atoms with Crippen molar-refractivity contribution in [2.24, 2.45) is 0 Å². The minimum atomic E-state index is -0.362. The molecule has 2 aliphatic carbocycles. The van der Waals surface area contributed by atoms with Crippen molar-refractivity contribution in [1.29, 1.82) is 0 Å². The lowest BCUT2D eigenvalue weighted by atomic mass is 9.91. The number of hydrogen-bond acceptors (Lipinski definition) is 9. The highest BCUT2D eigenvalue weighted by molar-refractivity contribution is 6.03. The van der Waals surface area contributed by atoms with Gasteiger partial charge >= 0.3 is 6.03 Å². The highest BCUT2D eigenvalue weighted by Gasteiger charge is 2.26. The smallest absolute Gasteiger partial charge is 0.319 e. The van der Waals surface area contributed by atoms with Gasteiger partial charge in [0.1, 0.15) is 18.0 Å². The van der Waals surface area contributed by atoms with Crippen molar-refractivity contribution in [3.63, 3.8) is 0 Å².